The lowest BCUT2D eigenvalue weighted by Crippen LogP contribution is -2.54. The highest BCUT2D eigenvalue weighted by Gasteiger charge is 2.48. The third-order valence-corrected chi connectivity index (χ3v) is 18.4. The number of nitrogens with zero attached hydrogens (tertiary/aromatic N) is 8. The van der Waals surface area contributed by atoms with Crippen LogP contribution in [0.15, 0.2) is 54.7 Å². The minimum atomic E-state index is -0.599. The van der Waals surface area contributed by atoms with E-state index in [1.807, 2.05) is 30.3 Å². The Labute approximate surface area is 425 Å². The first-order chi connectivity index (χ1) is 35.5. The molecule has 3 amide bonds. The van der Waals surface area contributed by atoms with Gasteiger partial charge in [0.25, 0.3) is 5.91 Å². The number of aromatic nitrogens is 3. The number of benzene rings is 3. The van der Waals surface area contributed by atoms with Gasteiger partial charge in [0.15, 0.2) is 5.82 Å². The van der Waals surface area contributed by atoms with Gasteiger partial charge < -0.3 is 34.8 Å². The Bertz CT molecular complexity index is 3000. The lowest BCUT2D eigenvalue weighted by Gasteiger charge is -2.55. The van der Waals surface area contributed by atoms with E-state index in [4.69, 9.17) is 19.7 Å². The summed E-state index contributed by atoms with van der Waals surface area (Å²) in [5, 5.41) is 19.2. The summed E-state index contributed by atoms with van der Waals surface area (Å²) in [6, 6.07) is 15.7. The molecule has 2 saturated carbocycles. The monoisotopic (exact) mass is 991 g/mol. The van der Waals surface area contributed by atoms with E-state index < -0.39 is 11.9 Å². The number of hydrogen-bond acceptors (Lipinski definition) is 13. The molecule has 3 aromatic carbocycles. The van der Waals surface area contributed by atoms with E-state index in [1.165, 1.54) is 32.1 Å². The molecule has 8 aliphatic rings. The summed E-state index contributed by atoms with van der Waals surface area (Å²) in [6.45, 7) is 12.8. The van der Waals surface area contributed by atoms with Crippen molar-refractivity contribution in [3.05, 3.63) is 77.2 Å². The average Bonchev–Trinajstić information content (AvgIpc) is 3.89. The molecule has 2 bridgehead atoms. The summed E-state index contributed by atoms with van der Waals surface area (Å²) in [7, 11) is 0. The van der Waals surface area contributed by atoms with Crippen LogP contribution in [0.4, 0.5) is 15.9 Å². The van der Waals surface area contributed by atoms with Gasteiger partial charge in [-0.15, -0.1) is 0 Å². The normalized spacial score (nSPS) is 25.1. The number of phenolic OH excluding ortho intramolecular Hbond substituents is 1. The van der Waals surface area contributed by atoms with Crippen molar-refractivity contribution < 1.29 is 28.6 Å². The highest BCUT2D eigenvalue weighted by molar-refractivity contribution is 6.06. The average molecular weight is 991 g/mol. The molecule has 13 rings (SSSR count). The lowest BCUT2D eigenvalue weighted by molar-refractivity contribution is -0.136. The number of aromatic hydroxyl groups is 1. The van der Waals surface area contributed by atoms with Crippen molar-refractivity contribution in [1.29, 1.82) is 0 Å². The Morgan fingerprint density at radius 3 is 2.40 bits per heavy atom. The van der Waals surface area contributed by atoms with E-state index in [0.717, 1.165) is 131 Å². The smallest absolute Gasteiger partial charge is 0.319 e. The van der Waals surface area contributed by atoms with Gasteiger partial charge in [0.05, 0.1) is 12.0 Å². The highest BCUT2D eigenvalue weighted by atomic mass is 19.1. The maximum atomic E-state index is 17.3. The molecule has 16 heteroatoms. The van der Waals surface area contributed by atoms with Crippen LogP contribution in [-0.4, -0.2) is 143 Å². The van der Waals surface area contributed by atoms with Crippen LogP contribution in [0.3, 0.4) is 0 Å². The number of aryl methyl sites for hydroxylation is 1. The predicted molar refractivity (Wildman–Crippen MR) is 277 cm³/mol. The van der Waals surface area contributed by atoms with Crippen molar-refractivity contribution in [1.82, 2.24) is 40.3 Å². The molecule has 5 saturated heterocycles. The number of halogens is 1. The number of pyridine rings is 1. The van der Waals surface area contributed by atoms with Crippen molar-refractivity contribution in [2.24, 2.45) is 16.7 Å². The molecule has 15 nitrogen and oxygen atoms in total. The second-order valence-electron chi connectivity index (χ2n) is 23.1. The van der Waals surface area contributed by atoms with Gasteiger partial charge in [0, 0.05) is 106 Å². The van der Waals surface area contributed by atoms with Gasteiger partial charge >= 0.3 is 6.01 Å². The highest BCUT2D eigenvalue weighted by Crippen LogP contribution is 2.54. The lowest BCUT2D eigenvalue weighted by atomic mass is 9.57. The van der Waals surface area contributed by atoms with Crippen molar-refractivity contribution in [2.75, 3.05) is 81.9 Å². The van der Waals surface area contributed by atoms with Gasteiger partial charge in [-0.3, -0.25) is 29.6 Å². The first-order valence-electron chi connectivity index (χ1n) is 27.2. The minimum Gasteiger partial charge on any atom is -0.508 e. The number of likely N-dealkylation sites (tertiary alicyclic amines) is 1. The minimum absolute atomic E-state index is 0.00771. The molecule has 3 atom stereocenters. The van der Waals surface area contributed by atoms with Crippen LogP contribution in [0.5, 0.6) is 11.8 Å². The standard InChI is InChI=1S/C57H67FN10O5/c1-2-36-5-3-6-37-24-42(69)25-44(48(36)37)50-49(58)51-45(28-59-50)52(67-31-39-7-8-40(32-67)60-39)63-55(62-51)73-34-57(13-4-14-57)33-65-17-15-56(16-18-65)26-35(27-56)29-64-19-21-66(22-20-64)41-9-10-43-38(23-41)30-68(54(43)72)46-11-12-47(70)61-53(46)71/h3,5-6,9-10,23-25,28,35,39-40,46,60,69H,2,4,7-8,11-22,26-27,29-34H2,1H3,(H,61,70,71)/t39?,40?,46-/m0/s1. The fourth-order valence-corrected chi connectivity index (χ4v) is 14.4. The second kappa shape index (κ2) is 18.4. The summed E-state index contributed by atoms with van der Waals surface area (Å²) in [6.07, 6.45) is 13.8. The number of carbonyl (C=O) groups is 3. The molecule has 7 fully saturated rings. The molecular formula is C57H67FN10O5. The first kappa shape index (κ1) is 46.8. The topological polar surface area (TPSA) is 160 Å². The molecule has 382 valence electrons. The van der Waals surface area contributed by atoms with Crippen molar-refractivity contribution in [2.45, 2.75) is 109 Å². The molecule has 2 aliphatic carbocycles. The van der Waals surface area contributed by atoms with Gasteiger partial charge in [0.2, 0.25) is 11.8 Å². The molecule has 3 N–H and O–H groups in total. The molecule has 8 heterocycles. The Morgan fingerprint density at radius 1 is 0.863 bits per heavy atom. The van der Waals surface area contributed by atoms with Crippen LogP contribution >= 0.6 is 0 Å². The van der Waals surface area contributed by atoms with E-state index in [-0.39, 0.29) is 52.5 Å². The number of hydrogen-bond donors (Lipinski definition) is 3. The van der Waals surface area contributed by atoms with Crippen molar-refractivity contribution in [3.63, 3.8) is 0 Å². The molecule has 2 unspecified atom stereocenters. The maximum absolute atomic E-state index is 17.3. The zero-order valence-corrected chi connectivity index (χ0v) is 42.0. The Morgan fingerprint density at radius 2 is 1.66 bits per heavy atom. The molecule has 2 aromatic heterocycles. The Hall–Kier alpha value is -5.97. The molecular weight excluding hydrogens is 924 g/mol. The van der Waals surface area contributed by atoms with E-state index in [0.29, 0.717) is 59.4 Å². The van der Waals surface area contributed by atoms with Crippen LogP contribution in [0.25, 0.3) is 32.9 Å². The SMILES string of the molecule is CCc1cccc2cc(O)cc(-c3ncc4c(N5CC6CCC(C5)N6)nc(OCC5(CN6CCC7(CC6)CC(CN6CCN(c8ccc9c(c8)CN([C@H]8CCC(=O)NC8=O)C9=O)CC6)C7)CCC5)nc4c3F)c12. The molecule has 0 radical (unpaired) electrons. The van der Waals surface area contributed by atoms with Gasteiger partial charge in [-0.2, -0.15) is 9.97 Å². The number of piperazine rings is 2. The number of amides is 3. The quantitative estimate of drug-likeness (QED) is 0.112. The van der Waals surface area contributed by atoms with E-state index in [1.54, 1.807) is 23.2 Å². The maximum Gasteiger partial charge on any atom is 0.319 e. The van der Waals surface area contributed by atoms with Gasteiger partial charge in [0.1, 0.15) is 28.8 Å². The number of phenols is 1. The molecule has 73 heavy (non-hydrogen) atoms. The molecule has 6 aliphatic heterocycles. The van der Waals surface area contributed by atoms with Crippen molar-refractivity contribution in [3.8, 4) is 23.0 Å². The van der Waals surface area contributed by atoms with Crippen molar-refractivity contribution >= 4 is 50.9 Å². The number of fused-ring (bicyclic) bond motifs is 5. The fraction of sp³-hybridized carbons (Fsp3) is 0.544. The zero-order chi connectivity index (χ0) is 49.6. The number of carbonyl (C=O) groups excluding carboxylic acids is 3. The predicted octanol–water partition coefficient (Wildman–Crippen LogP) is 6.82. The van der Waals surface area contributed by atoms with E-state index >= 15 is 4.39 Å². The number of imide groups is 1. The molecule has 5 aromatic rings. The van der Waals surface area contributed by atoms with E-state index in [9.17, 15) is 19.5 Å². The van der Waals surface area contributed by atoms with Crippen LogP contribution in [0.2, 0.25) is 0 Å². The Balaban J connectivity index is 0.630. The summed E-state index contributed by atoms with van der Waals surface area (Å²) in [5.41, 5.74) is 5.18. The van der Waals surface area contributed by atoms with Crippen LogP contribution in [0.1, 0.15) is 99.0 Å². The van der Waals surface area contributed by atoms with E-state index in [2.05, 4.69) is 43.2 Å². The third-order valence-electron chi connectivity index (χ3n) is 18.4. The van der Waals surface area contributed by atoms with Gasteiger partial charge in [-0.1, -0.05) is 31.5 Å². The summed E-state index contributed by atoms with van der Waals surface area (Å²) < 4.78 is 23.9. The zero-order valence-electron chi connectivity index (χ0n) is 42.0. The van der Waals surface area contributed by atoms with Crippen LogP contribution in [-0.2, 0) is 22.6 Å². The number of nitrogens with one attached hydrogen (secondary N) is 2. The van der Waals surface area contributed by atoms with Gasteiger partial charge in [-0.25, -0.2) is 4.39 Å². The van der Waals surface area contributed by atoms with Gasteiger partial charge in [-0.05, 0) is 141 Å². The summed E-state index contributed by atoms with van der Waals surface area (Å²) in [5.74, 6) is 0.170. The van der Waals surface area contributed by atoms with Crippen LogP contribution < -0.4 is 25.2 Å². The first-order valence-corrected chi connectivity index (χ1v) is 27.2. The Kier molecular flexibility index (Phi) is 11.8. The second-order valence-corrected chi connectivity index (χ2v) is 23.1. The number of ether oxygens (including phenoxy) is 1. The number of anilines is 2. The fourth-order valence-electron chi connectivity index (χ4n) is 14.4. The summed E-state index contributed by atoms with van der Waals surface area (Å²) >= 11 is 0. The largest absolute Gasteiger partial charge is 0.508 e. The third kappa shape index (κ3) is 8.64. The summed E-state index contributed by atoms with van der Waals surface area (Å²) in [4.78, 5) is 63.8. The van der Waals surface area contributed by atoms with Crippen LogP contribution in [0, 0.1) is 22.6 Å². The number of rotatable bonds is 12. The number of piperidine rings is 2. The molecule has 1 spiro atoms.